The number of piperazine rings is 1. The number of carbonyl (C=O) groups is 1. The van der Waals surface area contributed by atoms with Crippen molar-refractivity contribution in [3.05, 3.63) is 45.7 Å². The standard InChI is InChI=1S/C17H21BrN4O.ClH/c1-11-10-19-8-9-21(11)17(23)14-4-6-15(7-5-14)22-13(3)16(18)12(2)20-22;/h4-7,11,19H,8-10H2,1-3H3;1H/t11-;/m1./s1. The third kappa shape index (κ3) is 3.50. The normalized spacial score (nSPS) is 17.5. The predicted molar refractivity (Wildman–Crippen MR) is 101 cm³/mol. The van der Waals surface area contributed by atoms with Gasteiger partial charge in [-0.25, -0.2) is 4.68 Å². The molecule has 0 unspecified atom stereocenters. The summed E-state index contributed by atoms with van der Waals surface area (Å²) in [6.45, 7) is 8.53. The number of nitrogens with one attached hydrogen (secondary N) is 1. The number of benzene rings is 1. The van der Waals surface area contributed by atoms with Crippen molar-refractivity contribution in [2.24, 2.45) is 0 Å². The van der Waals surface area contributed by atoms with E-state index < -0.39 is 0 Å². The van der Waals surface area contributed by atoms with Crippen molar-refractivity contribution >= 4 is 34.2 Å². The molecule has 1 fully saturated rings. The lowest BCUT2D eigenvalue weighted by Gasteiger charge is -2.34. The predicted octanol–water partition coefficient (Wildman–Crippen LogP) is 3.11. The second-order valence-corrected chi connectivity index (χ2v) is 6.79. The van der Waals surface area contributed by atoms with E-state index in [2.05, 4.69) is 33.3 Å². The lowest BCUT2D eigenvalue weighted by molar-refractivity contribution is 0.0656. The summed E-state index contributed by atoms with van der Waals surface area (Å²) in [6.07, 6.45) is 0. The summed E-state index contributed by atoms with van der Waals surface area (Å²) in [5.41, 5.74) is 3.69. The zero-order valence-corrected chi connectivity index (χ0v) is 16.4. The Morgan fingerprint density at radius 3 is 2.50 bits per heavy atom. The van der Waals surface area contributed by atoms with E-state index in [1.807, 2.05) is 47.7 Å². The Bertz CT molecular complexity index is 729. The summed E-state index contributed by atoms with van der Waals surface area (Å²) in [4.78, 5) is 14.6. The van der Waals surface area contributed by atoms with Gasteiger partial charge in [-0.2, -0.15) is 5.10 Å². The summed E-state index contributed by atoms with van der Waals surface area (Å²) in [6, 6.07) is 7.90. The monoisotopic (exact) mass is 412 g/mol. The molecular weight excluding hydrogens is 392 g/mol. The van der Waals surface area contributed by atoms with Crippen LogP contribution in [0.5, 0.6) is 0 Å². The van der Waals surface area contributed by atoms with Gasteiger partial charge in [-0.3, -0.25) is 4.79 Å². The number of aromatic nitrogens is 2. The SMILES string of the molecule is Cc1nn(-c2ccc(C(=O)N3CCNC[C@H]3C)cc2)c(C)c1Br.Cl. The third-order valence-electron chi connectivity index (χ3n) is 4.32. The highest BCUT2D eigenvalue weighted by molar-refractivity contribution is 9.10. The van der Waals surface area contributed by atoms with Crippen molar-refractivity contribution < 1.29 is 4.79 Å². The minimum absolute atomic E-state index is 0. The summed E-state index contributed by atoms with van der Waals surface area (Å²) < 4.78 is 2.91. The van der Waals surface area contributed by atoms with Crippen LogP contribution < -0.4 is 5.32 Å². The molecule has 2 aromatic rings. The molecule has 1 saturated heterocycles. The van der Waals surface area contributed by atoms with Gasteiger partial charge >= 0.3 is 0 Å². The van der Waals surface area contributed by atoms with Crippen molar-refractivity contribution in [1.29, 1.82) is 0 Å². The van der Waals surface area contributed by atoms with Crippen LogP contribution in [0.4, 0.5) is 0 Å². The molecule has 1 aromatic heterocycles. The highest BCUT2D eigenvalue weighted by Gasteiger charge is 2.24. The van der Waals surface area contributed by atoms with E-state index in [-0.39, 0.29) is 24.4 Å². The molecule has 1 aliphatic heterocycles. The van der Waals surface area contributed by atoms with Gasteiger partial charge in [-0.1, -0.05) is 0 Å². The van der Waals surface area contributed by atoms with E-state index in [1.165, 1.54) is 0 Å². The number of carbonyl (C=O) groups excluding carboxylic acids is 1. The first-order chi connectivity index (χ1) is 11.0. The van der Waals surface area contributed by atoms with Crippen molar-refractivity contribution in [2.75, 3.05) is 19.6 Å². The largest absolute Gasteiger partial charge is 0.333 e. The molecule has 0 spiro atoms. The van der Waals surface area contributed by atoms with Gasteiger partial charge in [0.25, 0.3) is 5.91 Å². The van der Waals surface area contributed by atoms with E-state index in [9.17, 15) is 4.79 Å². The first-order valence-electron chi connectivity index (χ1n) is 7.83. The Morgan fingerprint density at radius 1 is 1.29 bits per heavy atom. The number of aryl methyl sites for hydroxylation is 1. The molecule has 1 atom stereocenters. The van der Waals surface area contributed by atoms with Crippen LogP contribution in [0.3, 0.4) is 0 Å². The van der Waals surface area contributed by atoms with Gasteiger partial charge < -0.3 is 10.2 Å². The summed E-state index contributed by atoms with van der Waals surface area (Å²) in [5, 5.41) is 7.83. The van der Waals surface area contributed by atoms with Crippen molar-refractivity contribution in [2.45, 2.75) is 26.8 Å². The minimum Gasteiger partial charge on any atom is -0.333 e. The molecule has 7 heteroatoms. The van der Waals surface area contributed by atoms with E-state index in [1.54, 1.807) is 0 Å². The highest BCUT2D eigenvalue weighted by atomic mass is 79.9. The van der Waals surface area contributed by atoms with Crippen LogP contribution >= 0.6 is 28.3 Å². The van der Waals surface area contributed by atoms with Crippen LogP contribution in [0.2, 0.25) is 0 Å². The molecule has 1 N–H and O–H groups in total. The molecule has 0 radical (unpaired) electrons. The molecule has 3 rings (SSSR count). The zero-order valence-electron chi connectivity index (χ0n) is 14.0. The highest BCUT2D eigenvalue weighted by Crippen LogP contribution is 2.23. The van der Waals surface area contributed by atoms with Gasteiger partial charge in [-0.05, 0) is 61.0 Å². The molecule has 2 heterocycles. The lowest BCUT2D eigenvalue weighted by atomic mass is 10.1. The van der Waals surface area contributed by atoms with E-state index >= 15 is 0 Å². The number of hydrogen-bond donors (Lipinski definition) is 1. The summed E-state index contributed by atoms with van der Waals surface area (Å²) >= 11 is 3.54. The second-order valence-electron chi connectivity index (χ2n) is 6.00. The minimum atomic E-state index is 0. The van der Waals surface area contributed by atoms with Crippen LogP contribution in [-0.4, -0.2) is 46.3 Å². The maximum absolute atomic E-state index is 12.7. The Morgan fingerprint density at radius 2 is 1.96 bits per heavy atom. The molecule has 0 saturated carbocycles. The first kappa shape index (κ1) is 19.0. The van der Waals surface area contributed by atoms with E-state index in [4.69, 9.17) is 0 Å². The van der Waals surface area contributed by atoms with Gasteiger partial charge in [0.2, 0.25) is 0 Å². The zero-order chi connectivity index (χ0) is 16.6. The van der Waals surface area contributed by atoms with Crippen LogP contribution in [-0.2, 0) is 0 Å². The lowest BCUT2D eigenvalue weighted by Crippen LogP contribution is -2.52. The smallest absolute Gasteiger partial charge is 0.254 e. The van der Waals surface area contributed by atoms with Crippen molar-refractivity contribution in [1.82, 2.24) is 20.0 Å². The Hall–Kier alpha value is -1.37. The fourth-order valence-corrected chi connectivity index (χ4v) is 3.18. The summed E-state index contributed by atoms with van der Waals surface area (Å²) in [7, 11) is 0. The Kier molecular flexibility index (Phi) is 6.06. The topological polar surface area (TPSA) is 50.2 Å². The van der Waals surface area contributed by atoms with Gasteiger partial charge in [0.1, 0.15) is 0 Å². The number of rotatable bonds is 2. The van der Waals surface area contributed by atoms with Gasteiger partial charge in [-0.15, -0.1) is 12.4 Å². The van der Waals surface area contributed by atoms with Crippen molar-refractivity contribution in [3.63, 3.8) is 0 Å². The second kappa shape index (κ2) is 7.68. The first-order valence-corrected chi connectivity index (χ1v) is 8.62. The number of nitrogens with zero attached hydrogens (tertiary/aromatic N) is 3. The van der Waals surface area contributed by atoms with Crippen LogP contribution in [0.25, 0.3) is 5.69 Å². The van der Waals surface area contributed by atoms with E-state index in [0.717, 1.165) is 46.7 Å². The average molecular weight is 414 g/mol. The van der Waals surface area contributed by atoms with Crippen LogP contribution in [0.1, 0.15) is 28.7 Å². The average Bonchev–Trinajstić information content (AvgIpc) is 2.82. The van der Waals surface area contributed by atoms with Gasteiger partial charge in [0.15, 0.2) is 0 Å². The van der Waals surface area contributed by atoms with Gasteiger partial charge in [0.05, 0.1) is 21.5 Å². The summed E-state index contributed by atoms with van der Waals surface area (Å²) in [5.74, 6) is 0.0973. The molecule has 0 bridgehead atoms. The molecular formula is C17H22BrClN4O. The quantitative estimate of drug-likeness (QED) is 0.823. The molecule has 1 aromatic carbocycles. The van der Waals surface area contributed by atoms with E-state index in [0.29, 0.717) is 0 Å². The van der Waals surface area contributed by atoms with Crippen LogP contribution in [0.15, 0.2) is 28.7 Å². The number of amides is 1. The van der Waals surface area contributed by atoms with Gasteiger partial charge in [0, 0.05) is 31.2 Å². The molecule has 130 valence electrons. The third-order valence-corrected chi connectivity index (χ3v) is 5.47. The fraction of sp³-hybridized carbons (Fsp3) is 0.412. The van der Waals surface area contributed by atoms with Crippen LogP contribution in [0, 0.1) is 13.8 Å². The Balaban J connectivity index is 0.00000208. The number of halogens is 2. The molecule has 1 aliphatic rings. The Labute approximate surface area is 157 Å². The molecule has 0 aliphatic carbocycles. The molecule has 5 nitrogen and oxygen atoms in total. The molecule has 1 amide bonds. The fourth-order valence-electron chi connectivity index (χ4n) is 2.93. The molecule has 24 heavy (non-hydrogen) atoms. The maximum Gasteiger partial charge on any atom is 0.254 e. The van der Waals surface area contributed by atoms with Crippen molar-refractivity contribution in [3.8, 4) is 5.69 Å². The number of hydrogen-bond acceptors (Lipinski definition) is 3. The maximum atomic E-state index is 12.7.